The molecule has 1 atom stereocenters. The lowest BCUT2D eigenvalue weighted by Gasteiger charge is -2.22. The van der Waals surface area contributed by atoms with Crippen LogP contribution in [0.25, 0.3) is 0 Å². The van der Waals surface area contributed by atoms with Gasteiger partial charge in [0.05, 0.1) is 0 Å². The van der Waals surface area contributed by atoms with E-state index in [0.29, 0.717) is 5.92 Å². The Balaban J connectivity index is 2.20. The fourth-order valence-corrected chi connectivity index (χ4v) is 2.51. The Labute approximate surface area is 117 Å². The van der Waals surface area contributed by atoms with Gasteiger partial charge in [0.25, 0.3) is 0 Å². The van der Waals surface area contributed by atoms with Gasteiger partial charge in [-0.2, -0.15) is 0 Å². The third kappa shape index (κ3) is 3.53. The molecule has 1 aromatic heterocycles. The van der Waals surface area contributed by atoms with E-state index in [1.165, 1.54) is 18.4 Å². The van der Waals surface area contributed by atoms with Crippen molar-refractivity contribution in [2.45, 2.75) is 71.8 Å². The van der Waals surface area contributed by atoms with Crippen molar-refractivity contribution in [3.63, 3.8) is 0 Å². The van der Waals surface area contributed by atoms with E-state index < -0.39 is 0 Å². The molecule has 0 aliphatic heterocycles. The summed E-state index contributed by atoms with van der Waals surface area (Å²) >= 11 is 0. The summed E-state index contributed by atoms with van der Waals surface area (Å²) in [5.41, 5.74) is 3.62. The second-order valence-corrected chi connectivity index (χ2v) is 6.97. The second kappa shape index (κ2) is 5.20. The Morgan fingerprint density at radius 1 is 1.16 bits per heavy atom. The van der Waals surface area contributed by atoms with Crippen LogP contribution in [0, 0.1) is 13.8 Å². The second-order valence-electron chi connectivity index (χ2n) is 6.97. The van der Waals surface area contributed by atoms with Gasteiger partial charge in [-0.15, -0.1) is 0 Å². The highest BCUT2D eigenvalue weighted by Crippen LogP contribution is 2.26. The van der Waals surface area contributed by atoms with E-state index in [2.05, 4.69) is 46.9 Å². The molecule has 1 heterocycles. The Bertz CT molecular complexity index is 433. The Morgan fingerprint density at radius 3 is 2.11 bits per heavy atom. The van der Waals surface area contributed by atoms with Gasteiger partial charge in [0.15, 0.2) is 0 Å². The lowest BCUT2D eigenvalue weighted by molar-refractivity contribution is 0.533. The van der Waals surface area contributed by atoms with Crippen molar-refractivity contribution < 1.29 is 0 Å². The maximum atomic E-state index is 4.73. The molecular formula is C16H27N3. The normalized spacial score (nSPS) is 17.6. The lowest BCUT2D eigenvalue weighted by atomic mass is 9.93. The van der Waals surface area contributed by atoms with Gasteiger partial charge in [-0.3, -0.25) is 0 Å². The predicted molar refractivity (Wildman–Crippen MR) is 79.6 cm³/mol. The molecule has 0 amide bonds. The summed E-state index contributed by atoms with van der Waals surface area (Å²) in [6.07, 6.45) is 2.67. The number of aromatic nitrogens is 2. The molecule has 1 fully saturated rings. The average molecular weight is 261 g/mol. The summed E-state index contributed by atoms with van der Waals surface area (Å²) in [6, 6.07) is 0.762. The number of aryl methyl sites for hydroxylation is 2. The number of hydrogen-bond acceptors (Lipinski definition) is 3. The highest BCUT2D eigenvalue weighted by molar-refractivity contribution is 5.29. The van der Waals surface area contributed by atoms with Crippen LogP contribution in [-0.2, 0) is 5.41 Å². The summed E-state index contributed by atoms with van der Waals surface area (Å²) in [5.74, 6) is 1.43. The summed E-state index contributed by atoms with van der Waals surface area (Å²) < 4.78 is 0. The van der Waals surface area contributed by atoms with Crippen molar-refractivity contribution >= 4 is 0 Å². The van der Waals surface area contributed by atoms with Gasteiger partial charge >= 0.3 is 0 Å². The van der Waals surface area contributed by atoms with Crippen molar-refractivity contribution in [2.75, 3.05) is 6.54 Å². The average Bonchev–Trinajstić information content (AvgIpc) is 3.07. The summed E-state index contributed by atoms with van der Waals surface area (Å²) in [4.78, 5) is 9.46. The van der Waals surface area contributed by atoms with Gasteiger partial charge in [-0.25, -0.2) is 9.97 Å². The van der Waals surface area contributed by atoms with Crippen LogP contribution in [0.15, 0.2) is 0 Å². The first-order chi connectivity index (χ1) is 8.79. The molecular weight excluding hydrogens is 234 g/mol. The van der Waals surface area contributed by atoms with Crippen LogP contribution in [0.5, 0.6) is 0 Å². The molecule has 0 saturated heterocycles. The molecule has 1 aromatic rings. The Morgan fingerprint density at radius 2 is 1.68 bits per heavy atom. The highest BCUT2D eigenvalue weighted by Gasteiger charge is 2.24. The molecule has 1 N–H and O–H groups in total. The number of rotatable bonds is 4. The maximum Gasteiger partial charge on any atom is 0.134 e. The van der Waals surface area contributed by atoms with Crippen molar-refractivity contribution in [3.05, 3.63) is 22.8 Å². The van der Waals surface area contributed by atoms with Gasteiger partial charge in [0, 0.05) is 29.4 Å². The zero-order chi connectivity index (χ0) is 14.2. The van der Waals surface area contributed by atoms with Gasteiger partial charge in [-0.1, -0.05) is 27.7 Å². The summed E-state index contributed by atoms with van der Waals surface area (Å²) in [5, 5.41) is 3.60. The van der Waals surface area contributed by atoms with E-state index in [-0.39, 0.29) is 5.41 Å². The number of nitrogens with one attached hydrogen (secondary N) is 1. The third-order valence-corrected chi connectivity index (χ3v) is 3.78. The molecule has 1 unspecified atom stereocenters. The highest BCUT2D eigenvalue weighted by atomic mass is 15.0. The van der Waals surface area contributed by atoms with Gasteiger partial charge in [-0.05, 0) is 38.2 Å². The number of nitrogens with zero attached hydrogens (tertiary/aromatic N) is 2. The van der Waals surface area contributed by atoms with Crippen LogP contribution in [-0.4, -0.2) is 22.6 Å². The molecule has 19 heavy (non-hydrogen) atoms. The van der Waals surface area contributed by atoms with Crippen molar-refractivity contribution in [1.82, 2.24) is 15.3 Å². The van der Waals surface area contributed by atoms with Crippen LogP contribution in [0.2, 0.25) is 0 Å². The van der Waals surface area contributed by atoms with E-state index in [9.17, 15) is 0 Å². The lowest BCUT2D eigenvalue weighted by Crippen LogP contribution is -2.25. The van der Waals surface area contributed by atoms with Crippen molar-refractivity contribution in [2.24, 2.45) is 0 Å². The van der Waals surface area contributed by atoms with Crippen LogP contribution in [0.4, 0.5) is 0 Å². The smallest absolute Gasteiger partial charge is 0.134 e. The van der Waals surface area contributed by atoms with E-state index in [1.807, 2.05) is 0 Å². The molecule has 106 valence electrons. The molecule has 0 bridgehead atoms. The van der Waals surface area contributed by atoms with Crippen LogP contribution in [0.1, 0.15) is 69.2 Å². The fourth-order valence-electron chi connectivity index (χ4n) is 2.51. The first-order valence-corrected chi connectivity index (χ1v) is 7.38. The summed E-state index contributed by atoms with van der Waals surface area (Å²) in [7, 11) is 0. The van der Waals surface area contributed by atoms with Crippen LogP contribution >= 0.6 is 0 Å². The van der Waals surface area contributed by atoms with Crippen molar-refractivity contribution in [1.29, 1.82) is 0 Å². The molecule has 0 spiro atoms. The molecule has 0 aromatic carbocycles. The van der Waals surface area contributed by atoms with E-state index in [1.54, 1.807) is 0 Å². The van der Waals surface area contributed by atoms with Gasteiger partial charge in [0.1, 0.15) is 5.82 Å². The quantitative estimate of drug-likeness (QED) is 0.904. The van der Waals surface area contributed by atoms with Crippen molar-refractivity contribution in [3.8, 4) is 0 Å². The minimum Gasteiger partial charge on any atom is -0.313 e. The SMILES string of the molecule is Cc1nc(C(C)(C)C)nc(C)c1C(C)CNC1CC1. The standard InChI is InChI=1S/C16H27N3/c1-10(9-17-13-7-8-13)14-11(2)18-15(16(4,5)6)19-12(14)3/h10,13,17H,7-9H2,1-6H3. The third-order valence-electron chi connectivity index (χ3n) is 3.78. The molecule has 1 saturated carbocycles. The first-order valence-electron chi connectivity index (χ1n) is 7.38. The largest absolute Gasteiger partial charge is 0.313 e. The monoisotopic (exact) mass is 261 g/mol. The fraction of sp³-hybridized carbons (Fsp3) is 0.750. The Kier molecular flexibility index (Phi) is 3.95. The minimum absolute atomic E-state index is 0.0174. The van der Waals surface area contributed by atoms with E-state index in [0.717, 1.165) is 29.8 Å². The molecule has 0 radical (unpaired) electrons. The summed E-state index contributed by atoms with van der Waals surface area (Å²) in [6.45, 7) is 14.0. The first kappa shape index (κ1) is 14.4. The van der Waals surface area contributed by atoms with Crippen LogP contribution in [0.3, 0.4) is 0 Å². The zero-order valence-electron chi connectivity index (χ0n) is 13.2. The van der Waals surface area contributed by atoms with Gasteiger partial charge < -0.3 is 5.32 Å². The van der Waals surface area contributed by atoms with E-state index in [4.69, 9.17) is 9.97 Å². The maximum absolute atomic E-state index is 4.73. The molecule has 1 aliphatic carbocycles. The Hall–Kier alpha value is -0.960. The molecule has 1 aliphatic rings. The van der Waals surface area contributed by atoms with Crippen LogP contribution < -0.4 is 5.32 Å². The molecule has 3 nitrogen and oxygen atoms in total. The topological polar surface area (TPSA) is 37.8 Å². The van der Waals surface area contributed by atoms with Gasteiger partial charge in [0.2, 0.25) is 0 Å². The van der Waals surface area contributed by atoms with E-state index >= 15 is 0 Å². The minimum atomic E-state index is 0.0174. The number of hydrogen-bond donors (Lipinski definition) is 1. The molecule has 2 rings (SSSR count). The zero-order valence-corrected chi connectivity index (χ0v) is 13.2. The predicted octanol–water partition coefficient (Wildman–Crippen LogP) is 3.25. The molecule has 3 heteroatoms.